The van der Waals surface area contributed by atoms with Crippen molar-refractivity contribution in [3.05, 3.63) is 0 Å². The molecule has 0 aromatic heterocycles. The van der Waals surface area contributed by atoms with Crippen molar-refractivity contribution in [2.24, 2.45) is 5.41 Å². The number of carboxylic acids is 1. The zero-order valence-electron chi connectivity index (χ0n) is 8.48. The monoisotopic (exact) mass is 250 g/mol. The highest BCUT2D eigenvalue weighted by Gasteiger charge is 2.14. The largest absolute Gasteiger partial charge is 0.481 e. The van der Waals surface area contributed by atoms with Gasteiger partial charge in [-0.15, -0.1) is 0 Å². The van der Waals surface area contributed by atoms with Gasteiger partial charge in [-0.05, 0) is 18.3 Å². The predicted molar refractivity (Wildman–Crippen MR) is 58.3 cm³/mol. The first-order valence-corrected chi connectivity index (χ1v) is 5.88. The van der Waals surface area contributed by atoms with Crippen LogP contribution in [0.25, 0.3) is 0 Å². The predicted octanol–water partition coefficient (Wildman–Crippen LogP) is 3.44. The van der Waals surface area contributed by atoms with E-state index in [4.69, 9.17) is 5.11 Å². The number of halogens is 1. The van der Waals surface area contributed by atoms with Gasteiger partial charge < -0.3 is 5.11 Å². The summed E-state index contributed by atoms with van der Waals surface area (Å²) >= 11 is 3.47. The molecule has 1 N–H and O–H groups in total. The SMILES string of the molecule is CC(C)(CBr)CCCCCC(=O)O. The Hall–Kier alpha value is -0.0500. The summed E-state index contributed by atoms with van der Waals surface area (Å²) in [6.45, 7) is 4.44. The van der Waals surface area contributed by atoms with Gasteiger partial charge in [0.15, 0.2) is 0 Å². The molecule has 0 aliphatic carbocycles. The van der Waals surface area contributed by atoms with Crippen molar-refractivity contribution in [3.63, 3.8) is 0 Å². The zero-order valence-corrected chi connectivity index (χ0v) is 10.1. The standard InChI is InChI=1S/C10H19BrO2/c1-10(2,8-11)7-5-3-4-6-9(12)13/h3-8H2,1-2H3,(H,12,13). The average Bonchev–Trinajstić information content (AvgIpc) is 2.03. The molecular weight excluding hydrogens is 232 g/mol. The van der Waals surface area contributed by atoms with E-state index >= 15 is 0 Å². The van der Waals surface area contributed by atoms with E-state index in [0.29, 0.717) is 11.8 Å². The number of carboxylic acid groups (broad SMARTS) is 1. The van der Waals surface area contributed by atoms with E-state index in [9.17, 15) is 4.79 Å². The van der Waals surface area contributed by atoms with E-state index in [-0.39, 0.29) is 0 Å². The molecule has 0 radical (unpaired) electrons. The normalized spacial score (nSPS) is 11.6. The first kappa shape index (κ1) is 12.9. The molecule has 0 spiro atoms. The molecule has 0 fully saturated rings. The molecule has 0 bridgehead atoms. The molecule has 0 saturated heterocycles. The molecule has 2 nitrogen and oxygen atoms in total. The van der Waals surface area contributed by atoms with Crippen LogP contribution in [-0.2, 0) is 4.79 Å². The molecule has 0 rings (SSSR count). The van der Waals surface area contributed by atoms with Crippen molar-refractivity contribution < 1.29 is 9.90 Å². The second-order valence-corrected chi connectivity index (χ2v) is 4.81. The maximum Gasteiger partial charge on any atom is 0.303 e. The Bertz CT molecular complexity index is 155. The maximum absolute atomic E-state index is 10.2. The minimum Gasteiger partial charge on any atom is -0.481 e. The van der Waals surface area contributed by atoms with Crippen molar-refractivity contribution in [1.29, 1.82) is 0 Å². The van der Waals surface area contributed by atoms with Crippen molar-refractivity contribution in [3.8, 4) is 0 Å². The highest BCUT2D eigenvalue weighted by Crippen LogP contribution is 2.25. The third-order valence-electron chi connectivity index (χ3n) is 2.11. The summed E-state index contributed by atoms with van der Waals surface area (Å²) in [7, 11) is 0. The number of carbonyl (C=O) groups is 1. The van der Waals surface area contributed by atoms with Gasteiger partial charge in [0.1, 0.15) is 0 Å². The maximum atomic E-state index is 10.2. The second-order valence-electron chi connectivity index (χ2n) is 4.25. The minimum atomic E-state index is -0.681. The number of hydrogen-bond acceptors (Lipinski definition) is 1. The summed E-state index contributed by atoms with van der Waals surface area (Å²) in [4.78, 5) is 10.2. The van der Waals surface area contributed by atoms with Crippen LogP contribution in [0, 0.1) is 5.41 Å². The Morgan fingerprint density at radius 3 is 2.38 bits per heavy atom. The van der Waals surface area contributed by atoms with Crippen LogP contribution in [0.1, 0.15) is 46.0 Å². The van der Waals surface area contributed by atoms with Gasteiger partial charge in [-0.3, -0.25) is 4.79 Å². The molecule has 78 valence electrons. The lowest BCUT2D eigenvalue weighted by molar-refractivity contribution is -0.137. The Kier molecular flexibility index (Phi) is 6.39. The lowest BCUT2D eigenvalue weighted by Crippen LogP contribution is -2.12. The highest BCUT2D eigenvalue weighted by atomic mass is 79.9. The molecule has 3 heteroatoms. The van der Waals surface area contributed by atoms with E-state index in [2.05, 4.69) is 29.8 Å². The molecule has 0 aromatic rings. The number of aliphatic carboxylic acids is 1. The van der Waals surface area contributed by atoms with Gasteiger partial charge in [-0.2, -0.15) is 0 Å². The lowest BCUT2D eigenvalue weighted by atomic mass is 9.89. The smallest absolute Gasteiger partial charge is 0.303 e. The summed E-state index contributed by atoms with van der Waals surface area (Å²) in [5.41, 5.74) is 0.350. The van der Waals surface area contributed by atoms with Crippen LogP contribution in [0.5, 0.6) is 0 Å². The van der Waals surface area contributed by atoms with Crippen molar-refractivity contribution in [2.45, 2.75) is 46.0 Å². The quantitative estimate of drug-likeness (QED) is 0.555. The van der Waals surface area contributed by atoms with Gasteiger partial charge in [0.2, 0.25) is 0 Å². The number of unbranched alkanes of at least 4 members (excludes halogenated alkanes) is 2. The molecule has 0 aliphatic rings. The van der Waals surface area contributed by atoms with E-state index < -0.39 is 5.97 Å². The first-order valence-electron chi connectivity index (χ1n) is 4.76. The summed E-state index contributed by atoms with van der Waals surface area (Å²) in [6, 6.07) is 0. The van der Waals surface area contributed by atoms with Gasteiger partial charge in [0.25, 0.3) is 0 Å². The van der Waals surface area contributed by atoms with Crippen LogP contribution in [-0.4, -0.2) is 16.4 Å². The van der Waals surface area contributed by atoms with Crippen LogP contribution in [0.3, 0.4) is 0 Å². The van der Waals surface area contributed by atoms with Crippen LogP contribution < -0.4 is 0 Å². The van der Waals surface area contributed by atoms with Crippen LogP contribution >= 0.6 is 15.9 Å². The minimum absolute atomic E-state index is 0.314. The van der Waals surface area contributed by atoms with Crippen molar-refractivity contribution in [1.82, 2.24) is 0 Å². The Morgan fingerprint density at radius 1 is 1.31 bits per heavy atom. The van der Waals surface area contributed by atoms with Gasteiger partial charge >= 0.3 is 5.97 Å². The van der Waals surface area contributed by atoms with Gasteiger partial charge in [-0.1, -0.05) is 42.6 Å². The van der Waals surface area contributed by atoms with Crippen LogP contribution in [0.4, 0.5) is 0 Å². The van der Waals surface area contributed by atoms with Crippen molar-refractivity contribution in [2.75, 3.05) is 5.33 Å². The third kappa shape index (κ3) is 8.28. The van der Waals surface area contributed by atoms with E-state index in [1.807, 2.05) is 0 Å². The molecule has 0 unspecified atom stereocenters. The summed E-state index contributed by atoms with van der Waals surface area (Å²) in [6.07, 6.45) is 4.45. The Labute approximate surface area is 88.8 Å². The molecule has 13 heavy (non-hydrogen) atoms. The van der Waals surface area contributed by atoms with Gasteiger partial charge in [0, 0.05) is 11.8 Å². The topological polar surface area (TPSA) is 37.3 Å². The number of rotatable bonds is 7. The molecule has 0 aliphatic heterocycles. The van der Waals surface area contributed by atoms with Crippen molar-refractivity contribution >= 4 is 21.9 Å². The molecular formula is C10H19BrO2. The fraction of sp³-hybridized carbons (Fsp3) is 0.900. The third-order valence-corrected chi connectivity index (χ3v) is 3.62. The van der Waals surface area contributed by atoms with Gasteiger partial charge in [0.05, 0.1) is 0 Å². The van der Waals surface area contributed by atoms with E-state index in [1.54, 1.807) is 0 Å². The molecule has 0 saturated carbocycles. The first-order chi connectivity index (χ1) is 5.98. The molecule has 0 aromatic carbocycles. The number of hydrogen-bond donors (Lipinski definition) is 1. The highest BCUT2D eigenvalue weighted by molar-refractivity contribution is 9.09. The number of alkyl halides is 1. The zero-order chi connectivity index (χ0) is 10.3. The van der Waals surface area contributed by atoms with E-state index in [0.717, 1.165) is 31.0 Å². The summed E-state index contributed by atoms with van der Waals surface area (Å²) < 4.78 is 0. The molecule has 0 atom stereocenters. The fourth-order valence-corrected chi connectivity index (χ4v) is 1.40. The van der Waals surface area contributed by atoms with Crippen LogP contribution in [0.2, 0.25) is 0 Å². The lowest BCUT2D eigenvalue weighted by Gasteiger charge is -2.20. The summed E-state index contributed by atoms with van der Waals surface area (Å²) in [5, 5.41) is 9.42. The Morgan fingerprint density at radius 2 is 1.92 bits per heavy atom. The summed E-state index contributed by atoms with van der Waals surface area (Å²) in [5.74, 6) is -0.681. The van der Waals surface area contributed by atoms with Crippen LogP contribution in [0.15, 0.2) is 0 Å². The Balaban J connectivity index is 3.30. The fourth-order valence-electron chi connectivity index (χ4n) is 1.12. The average molecular weight is 251 g/mol. The van der Waals surface area contributed by atoms with Gasteiger partial charge in [-0.25, -0.2) is 0 Å². The second kappa shape index (κ2) is 6.41. The molecule has 0 heterocycles. The van der Waals surface area contributed by atoms with E-state index in [1.165, 1.54) is 0 Å². The molecule has 0 amide bonds.